The van der Waals surface area contributed by atoms with Crippen molar-refractivity contribution < 1.29 is 80.5 Å². The summed E-state index contributed by atoms with van der Waals surface area (Å²) in [4.78, 5) is 67.8. The maximum absolute atomic E-state index is 10.2. The summed E-state index contributed by atoms with van der Waals surface area (Å²) in [6, 6.07) is 0. The summed E-state index contributed by atoms with van der Waals surface area (Å²) in [5, 5.41) is 61.2. The number of carboxylic acid groups (broad SMARTS) is 6. The SMILES string of the molecule is C=CCN(CC=C)C(=O)[O-].C=CCN(CC=C)C(=O)[O-].C=CCN(CC=C)C(=O)[O-].C=CCN(CC=C)C(=O)[O-].C=CCN(CC=C)C(=O)[O-].C=CCN(CC=C)C(=O)[O-].[Mo+6]. The topological polar surface area (TPSA) is 260 Å². The fourth-order valence-electron chi connectivity index (χ4n) is 3.21. The van der Waals surface area contributed by atoms with Crippen molar-refractivity contribution >= 4 is 36.6 Å². The van der Waals surface area contributed by atoms with Gasteiger partial charge < -0.3 is 88.8 Å². The second-order valence-corrected chi connectivity index (χ2v) is 10.5. The molecule has 0 spiro atoms. The van der Waals surface area contributed by atoms with Crippen molar-refractivity contribution in [3.63, 3.8) is 0 Å². The largest absolute Gasteiger partial charge is 6.00 e. The number of hydrogen-bond donors (Lipinski definition) is 0. The molecular formula is C42H60MoN6O12. The zero-order valence-corrected chi connectivity index (χ0v) is 36.9. The van der Waals surface area contributed by atoms with Crippen molar-refractivity contribution in [2.75, 3.05) is 78.5 Å². The first kappa shape index (κ1) is 68.8. The van der Waals surface area contributed by atoms with Crippen LogP contribution in [0.1, 0.15) is 0 Å². The first-order valence-electron chi connectivity index (χ1n) is 17.4. The van der Waals surface area contributed by atoms with Crippen molar-refractivity contribution in [2.24, 2.45) is 0 Å². The molecule has 0 radical (unpaired) electrons. The fourth-order valence-corrected chi connectivity index (χ4v) is 3.21. The van der Waals surface area contributed by atoms with E-state index in [-0.39, 0.29) is 99.6 Å². The van der Waals surface area contributed by atoms with Gasteiger partial charge in [-0.15, -0.1) is 78.9 Å². The van der Waals surface area contributed by atoms with Crippen molar-refractivity contribution in [2.45, 2.75) is 0 Å². The molecule has 0 unspecified atom stereocenters. The van der Waals surface area contributed by atoms with Crippen LogP contribution in [0, 0.1) is 0 Å². The monoisotopic (exact) mass is 938 g/mol. The van der Waals surface area contributed by atoms with E-state index < -0.39 is 36.6 Å². The number of nitrogens with zero attached hydrogens (tertiary/aromatic N) is 6. The van der Waals surface area contributed by atoms with Crippen LogP contribution in [0.5, 0.6) is 0 Å². The van der Waals surface area contributed by atoms with E-state index in [4.69, 9.17) is 0 Å². The number of hydrogen-bond acceptors (Lipinski definition) is 12. The molecule has 0 fully saturated rings. The van der Waals surface area contributed by atoms with Gasteiger partial charge in [0.25, 0.3) is 0 Å². The summed E-state index contributed by atoms with van der Waals surface area (Å²) in [7, 11) is 0. The molecule has 0 aliphatic rings. The molecule has 0 aromatic heterocycles. The molecule has 0 aliphatic heterocycles. The van der Waals surface area contributed by atoms with Gasteiger partial charge in [0.2, 0.25) is 0 Å². The van der Waals surface area contributed by atoms with Gasteiger partial charge in [-0.25, -0.2) is 0 Å². The Balaban J connectivity index is -0.000000114. The maximum atomic E-state index is 10.2. The molecule has 0 saturated heterocycles. The van der Waals surface area contributed by atoms with E-state index in [9.17, 15) is 59.4 Å². The number of carbonyl (C=O) groups excluding carboxylic acids is 6. The third-order valence-electron chi connectivity index (χ3n) is 5.74. The minimum Gasteiger partial charge on any atom is -0.530 e. The van der Waals surface area contributed by atoms with Crippen LogP contribution in [0.15, 0.2) is 152 Å². The molecule has 0 aromatic carbocycles. The molecule has 0 bridgehead atoms. The summed E-state index contributed by atoms with van der Waals surface area (Å²) >= 11 is 0. The average molecular weight is 937 g/mol. The predicted octanol–water partition coefficient (Wildman–Crippen LogP) is 0.0197. The Bertz CT molecular complexity index is 1070. The Morgan fingerprint density at radius 3 is 0.344 bits per heavy atom. The van der Waals surface area contributed by atoms with Gasteiger partial charge in [-0.2, -0.15) is 0 Å². The normalized spacial score (nSPS) is 8.26. The molecule has 0 atom stereocenters. The molecule has 0 rings (SSSR count). The van der Waals surface area contributed by atoms with Gasteiger partial charge in [0.05, 0.1) is 0 Å². The molecule has 0 aliphatic carbocycles. The summed E-state index contributed by atoms with van der Waals surface area (Å²) in [6.07, 6.45) is 10.8. The second-order valence-electron chi connectivity index (χ2n) is 10.5. The molecular weight excluding hydrogens is 876 g/mol. The van der Waals surface area contributed by atoms with Gasteiger partial charge in [0.15, 0.2) is 0 Å². The smallest absolute Gasteiger partial charge is 0.530 e. The third-order valence-corrected chi connectivity index (χ3v) is 5.74. The molecule has 0 aromatic rings. The molecule has 0 saturated carbocycles. The van der Waals surface area contributed by atoms with Crippen molar-refractivity contribution in [3.05, 3.63) is 152 Å². The quantitative estimate of drug-likeness (QED) is 0.0917. The van der Waals surface area contributed by atoms with Gasteiger partial charge in [0.1, 0.15) is 36.6 Å². The first-order chi connectivity index (χ1) is 28.3. The fraction of sp³-hybridized carbons (Fsp3) is 0.286. The zero-order chi connectivity index (χ0) is 47.9. The van der Waals surface area contributed by atoms with Crippen LogP contribution in [0.25, 0.3) is 0 Å². The molecule has 0 N–H and O–H groups in total. The van der Waals surface area contributed by atoms with Gasteiger partial charge in [-0.3, -0.25) is 0 Å². The van der Waals surface area contributed by atoms with Crippen LogP contribution < -0.4 is 30.6 Å². The minimum absolute atomic E-state index is 0. The van der Waals surface area contributed by atoms with Crippen molar-refractivity contribution in [3.8, 4) is 0 Å². The van der Waals surface area contributed by atoms with Crippen LogP contribution in [0.2, 0.25) is 0 Å². The minimum atomic E-state index is -1.19. The van der Waals surface area contributed by atoms with E-state index in [1.54, 1.807) is 0 Å². The van der Waals surface area contributed by atoms with Gasteiger partial charge in [-0.05, 0) is 0 Å². The molecule has 61 heavy (non-hydrogen) atoms. The van der Waals surface area contributed by atoms with Crippen LogP contribution in [-0.2, 0) is 21.1 Å². The summed E-state index contributed by atoms with van der Waals surface area (Å²) in [6.45, 7) is 44.2. The molecule has 6 amide bonds. The number of amides is 6. The van der Waals surface area contributed by atoms with E-state index in [0.717, 1.165) is 29.4 Å². The van der Waals surface area contributed by atoms with Gasteiger partial charge >= 0.3 is 21.1 Å². The Hall–Kier alpha value is -6.81. The van der Waals surface area contributed by atoms with E-state index in [0.29, 0.717) is 0 Å². The Kier molecular flexibility index (Phi) is 57.8. The Labute approximate surface area is 375 Å². The van der Waals surface area contributed by atoms with Crippen LogP contribution in [0.3, 0.4) is 0 Å². The zero-order valence-electron chi connectivity index (χ0n) is 34.9. The van der Waals surface area contributed by atoms with Gasteiger partial charge in [-0.1, -0.05) is 72.9 Å². The second kappa shape index (κ2) is 51.2. The Morgan fingerprint density at radius 2 is 0.311 bits per heavy atom. The summed E-state index contributed by atoms with van der Waals surface area (Å²) in [5.41, 5.74) is 0. The molecule has 336 valence electrons. The summed E-state index contributed by atoms with van der Waals surface area (Å²) < 4.78 is 0. The number of carbonyl (C=O) groups is 6. The molecule has 0 heterocycles. The van der Waals surface area contributed by atoms with E-state index in [2.05, 4.69) is 78.9 Å². The third kappa shape index (κ3) is 49.3. The Morgan fingerprint density at radius 1 is 0.246 bits per heavy atom. The van der Waals surface area contributed by atoms with Gasteiger partial charge in [0, 0.05) is 78.5 Å². The maximum Gasteiger partial charge on any atom is 6.00 e. The summed E-state index contributed by atoms with van der Waals surface area (Å²) in [5.74, 6) is 0. The van der Waals surface area contributed by atoms with E-state index in [1.165, 1.54) is 72.9 Å². The molecule has 18 nitrogen and oxygen atoms in total. The standard InChI is InChI=1S/6C7H11NO2.Mo/c6*1-3-5-8(6-4-2)7(9)10;/h6*3-4H,1-2,5-6H2,(H,9,10);/q;;;;;;+6/p-6. The van der Waals surface area contributed by atoms with Crippen LogP contribution >= 0.6 is 0 Å². The van der Waals surface area contributed by atoms with Crippen LogP contribution in [-0.4, -0.2) is 144 Å². The first-order valence-corrected chi connectivity index (χ1v) is 17.4. The molecule has 19 heteroatoms. The van der Waals surface area contributed by atoms with Crippen molar-refractivity contribution in [1.29, 1.82) is 0 Å². The van der Waals surface area contributed by atoms with Crippen molar-refractivity contribution in [1.82, 2.24) is 29.4 Å². The average Bonchev–Trinajstić information content (AvgIpc) is 3.18. The van der Waals surface area contributed by atoms with Crippen LogP contribution in [0.4, 0.5) is 28.8 Å². The predicted molar refractivity (Wildman–Crippen MR) is 224 cm³/mol. The van der Waals surface area contributed by atoms with E-state index >= 15 is 0 Å². The van der Waals surface area contributed by atoms with E-state index in [1.807, 2.05) is 0 Å². The number of rotatable bonds is 24.